The number of aromatic nitrogens is 2. The normalized spacial score (nSPS) is 12.1. The van der Waals surface area contributed by atoms with Crippen molar-refractivity contribution in [2.45, 2.75) is 26.2 Å². The van der Waals surface area contributed by atoms with Gasteiger partial charge in [-0.2, -0.15) is 9.78 Å². The van der Waals surface area contributed by atoms with E-state index in [2.05, 4.69) is 33.9 Å². The smallest absolute Gasteiger partial charge is 0.282 e. The summed E-state index contributed by atoms with van der Waals surface area (Å²) < 4.78 is 7.91. The molecule has 1 aromatic heterocycles. The minimum absolute atomic E-state index is 0.0613. The SMILES string of the molecule is C#CCOc1cc(N(C)C)ccc1C=Nn1c([C@H](C)CC)nc2ccc(Br)cc2c1=O. The third-order valence-electron chi connectivity index (χ3n) is 5.02. The third-order valence-corrected chi connectivity index (χ3v) is 5.52. The fourth-order valence-electron chi connectivity index (χ4n) is 3.05. The Morgan fingerprint density at radius 1 is 1.32 bits per heavy atom. The summed E-state index contributed by atoms with van der Waals surface area (Å²) in [5, 5.41) is 5.03. The summed E-state index contributed by atoms with van der Waals surface area (Å²) in [6.45, 7) is 4.23. The Labute approximate surface area is 190 Å². The molecule has 6 nitrogen and oxygen atoms in total. The molecule has 0 saturated heterocycles. The molecule has 0 unspecified atom stereocenters. The lowest BCUT2D eigenvalue weighted by Crippen LogP contribution is -2.23. The van der Waals surface area contributed by atoms with Crippen LogP contribution in [0, 0.1) is 12.3 Å². The molecule has 2 aromatic carbocycles. The second-order valence-electron chi connectivity index (χ2n) is 7.41. The number of benzene rings is 2. The van der Waals surface area contributed by atoms with Crippen molar-refractivity contribution in [2.24, 2.45) is 5.10 Å². The van der Waals surface area contributed by atoms with Crippen molar-refractivity contribution in [3.05, 3.63) is 62.6 Å². The minimum atomic E-state index is -0.214. The van der Waals surface area contributed by atoms with Crippen molar-refractivity contribution >= 4 is 38.7 Å². The zero-order valence-corrected chi connectivity index (χ0v) is 19.7. The van der Waals surface area contributed by atoms with Gasteiger partial charge in [0, 0.05) is 41.8 Å². The van der Waals surface area contributed by atoms with Gasteiger partial charge in [0.25, 0.3) is 5.56 Å². The summed E-state index contributed by atoms with van der Waals surface area (Å²) in [6.07, 6.45) is 7.81. The Balaban J connectivity index is 2.15. The maximum absolute atomic E-state index is 13.3. The second-order valence-corrected chi connectivity index (χ2v) is 8.33. The molecule has 31 heavy (non-hydrogen) atoms. The summed E-state index contributed by atoms with van der Waals surface area (Å²) in [6, 6.07) is 11.2. The largest absolute Gasteiger partial charge is 0.480 e. The van der Waals surface area contributed by atoms with E-state index in [1.54, 1.807) is 12.3 Å². The van der Waals surface area contributed by atoms with Crippen molar-refractivity contribution in [3.63, 3.8) is 0 Å². The molecule has 0 aliphatic heterocycles. The van der Waals surface area contributed by atoms with Crippen LogP contribution >= 0.6 is 15.9 Å². The maximum Gasteiger partial charge on any atom is 0.282 e. The van der Waals surface area contributed by atoms with Gasteiger partial charge in [0.05, 0.1) is 17.1 Å². The molecule has 0 aliphatic carbocycles. The van der Waals surface area contributed by atoms with E-state index in [-0.39, 0.29) is 18.1 Å². The van der Waals surface area contributed by atoms with Gasteiger partial charge >= 0.3 is 0 Å². The molecule has 0 amide bonds. The van der Waals surface area contributed by atoms with Gasteiger partial charge in [0.1, 0.15) is 18.2 Å². The Kier molecular flexibility index (Phi) is 7.13. The van der Waals surface area contributed by atoms with Gasteiger partial charge < -0.3 is 9.64 Å². The highest BCUT2D eigenvalue weighted by Gasteiger charge is 2.16. The first kappa shape index (κ1) is 22.6. The van der Waals surface area contributed by atoms with Crippen LogP contribution in [-0.4, -0.2) is 36.6 Å². The van der Waals surface area contributed by atoms with Gasteiger partial charge in [0.15, 0.2) is 0 Å². The van der Waals surface area contributed by atoms with E-state index in [1.807, 2.05) is 56.3 Å². The highest BCUT2D eigenvalue weighted by atomic mass is 79.9. The highest BCUT2D eigenvalue weighted by molar-refractivity contribution is 9.10. The molecule has 7 heteroatoms. The molecular weight excluding hydrogens is 456 g/mol. The predicted octanol–water partition coefficient (Wildman–Crippen LogP) is 4.63. The summed E-state index contributed by atoms with van der Waals surface area (Å²) in [4.78, 5) is 20.0. The van der Waals surface area contributed by atoms with Crippen molar-refractivity contribution in [1.82, 2.24) is 9.66 Å². The number of anilines is 1. The zero-order valence-electron chi connectivity index (χ0n) is 18.1. The predicted molar refractivity (Wildman–Crippen MR) is 130 cm³/mol. The van der Waals surface area contributed by atoms with Crippen LogP contribution in [0.1, 0.15) is 37.6 Å². The van der Waals surface area contributed by atoms with Crippen LogP contribution in [-0.2, 0) is 0 Å². The minimum Gasteiger partial charge on any atom is -0.480 e. The molecule has 1 heterocycles. The number of hydrogen-bond donors (Lipinski definition) is 0. The van der Waals surface area contributed by atoms with Crippen molar-refractivity contribution in [3.8, 4) is 18.1 Å². The lowest BCUT2D eigenvalue weighted by Gasteiger charge is -2.16. The molecule has 0 aliphatic rings. The second kappa shape index (κ2) is 9.80. The van der Waals surface area contributed by atoms with E-state index >= 15 is 0 Å². The van der Waals surface area contributed by atoms with E-state index in [0.29, 0.717) is 22.5 Å². The fourth-order valence-corrected chi connectivity index (χ4v) is 3.41. The molecule has 0 N–H and O–H groups in total. The summed E-state index contributed by atoms with van der Waals surface area (Å²) in [5.74, 6) is 3.76. The van der Waals surface area contributed by atoms with Crippen LogP contribution in [0.15, 0.2) is 50.8 Å². The van der Waals surface area contributed by atoms with Crippen molar-refractivity contribution in [1.29, 1.82) is 0 Å². The molecule has 0 saturated carbocycles. The molecule has 3 rings (SSSR count). The summed E-state index contributed by atoms with van der Waals surface area (Å²) in [7, 11) is 3.90. The first-order valence-corrected chi connectivity index (χ1v) is 10.8. The molecular formula is C24H25BrN4O2. The number of hydrogen-bond acceptors (Lipinski definition) is 5. The first-order chi connectivity index (χ1) is 14.8. The average Bonchev–Trinajstić information content (AvgIpc) is 2.76. The van der Waals surface area contributed by atoms with Crippen LogP contribution in [0.2, 0.25) is 0 Å². The first-order valence-electron chi connectivity index (χ1n) is 9.99. The van der Waals surface area contributed by atoms with E-state index in [9.17, 15) is 4.79 Å². The van der Waals surface area contributed by atoms with E-state index in [0.717, 1.165) is 22.1 Å². The molecule has 0 bridgehead atoms. The van der Waals surface area contributed by atoms with E-state index in [1.165, 1.54) is 4.68 Å². The van der Waals surface area contributed by atoms with Crippen molar-refractivity contribution in [2.75, 3.05) is 25.6 Å². The maximum atomic E-state index is 13.3. The van der Waals surface area contributed by atoms with Crippen molar-refractivity contribution < 1.29 is 4.74 Å². The molecule has 1 atom stereocenters. The number of ether oxygens (including phenoxy) is 1. The topological polar surface area (TPSA) is 59.7 Å². The lowest BCUT2D eigenvalue weighted by molar-refractivity contribution is 0.370. The molecule has 0 radical (unpaired) electrons. The number of fused-ring (bicyclic) bond motifs is 1. The fraction of sp³-hybridized carbons (Fsp3) is 0.292. The zero-order chi connectivity index (χ0) is 22.5. The van der Waals surface area contributed by atoms with Gasteiger partial charge in [-0.15, -0.1) is 6.42 Å². The number of halogens is 1. The number of rotatable bonds is 7. The van der Waals surface area contributed by atoms with Crippen LogP contribution in [0.5, 0.6) is 5.75 Å². The van der Waals surface area contributed by atoms with Crippen LogP contribution in [0.4, 0.5) is 5.69 Å². The van der Waals surface area contributed by atoms with Gasteiger partial charge in [0.2, 0.25) is 0 Å². The molecule has 160 valence electrons. The number of nitrogens with zero attached hydrogens (tertiary/aromatic N) is 4. The van der Waals surface area contributed by atoms with Crippen LogP contribution in [0.25, 0.3) is 10.9 Å². The average molecular weight is 481 g/mol. The summed E-state index contributed by atoms with van der Waals surface area (Å²) in [5.41, 5.74) is 2.13. The van der Waals surface area contributed by atoms with Gasteiger partial charge in [-0.1, -0.05) is 35.7 Å². The monoisotopic (exact) mass is 480 g/mol. The highest BCUT2D eigenvalue weighted by Crippen LogP contribution is 2.25. The van der Waals surface area contributed by atoms with Crippen LogP contribution in [0.3, 0.4) is 0 Å². The number of terminal acetylenes is 1. The third kappa shape index (κ3) is 4.97. The Hall–Kier alpha value is -3.11. The van der Waals surface area contributed by atoms with E-state index in [4.69, 9.17) is 16.1 Å². The van der Waals surface area contributed by atoms with Crippen LogP contribution < -0.4 is 15.2 Å². The van der Waals surface area contributed by atoms with Gasteiger partial charge in [-0.25, -0.2) is 4.98 Å². The van der Waals surface area contributed by atoms with Gasteiger partial charge in [-0.05, 0) is 36.8 Å². The Morgan fingerprint density at radius 2 is 2.10 bits per heavy atom. The van der Waals surface area contributed by atoms with E-state index < -0.39 is 0 Å². The molecule has 0 fully saturated rings. The van der Waals surface area contributed by atoms with Gasteiger partial charge in [-0.3, -0.25) is 4.79 Å². The standard InChI is InChI=1S/C24H25BrN4O2/c1-6-12-31-22-14-19(28(4)5)10-8-17(22)15-26-29-23(16(3)7-2)27-21-11-9-18(25)13-20(21)24(29)30/h1,8-11,13-16H,7,12H2,2-5H3/t16-/m1/s1. The Bertz CT molecular complexity index is 1220. The quantitative estimate of drug-likeness (QED) is 0.365. The lowest BCUT2D eigenvalue weighted by atomic mass is 10.1. The summed E-state index contributed by atoms with van der Waals surface area (Å²) >= 11 is 3.43. The molecule has 3 aromatic rings. The molecule has 0 spiro atoms. The Morgan fingerprint density at radius 3 is 2.77 bits per heavy atom.